The Hall–Kier alpha value is -4.56. The van der Waals surface area contributed by atoms with Crippen molar-refractivity contribution in [3.63, 3.8) is 0 Å². The van der Waals surface area contributed by atoms with Gasteiger partial charge in [-0.15, -0.1) is 0 Å². The van der Waals surface area contributed by atoms with Crippen molar-refractivity contribution in [2.24, 2.45) is 0 Å². The summed E-state index contributed by atoms with van der Waals surface area (Å²) in [7, 11) is 0. The van der Waals surface area contributed by atoms with Gasteiger partial charge in [0.15, 0.2) is 5.82 Å². The topological polar surface area (TPSA) is 95.1 Å². The average molecular weight is 572 g/mol. The highest BCUT2D eigenvalue weighted by molar-refractivity contribution is 6.31. The fraction of sp³-hybridized carbons (Fsp3) is 0.156. The van der Waals surface area contributed by atoms with Crippen LogP contribution in [0, 0.1) is 11.6 Å². The third-order valence-electron chi connectivity index (χ3n) is 7.46. The Morgan fingerprint density at radius 3 is 2.61 bits per heavy atom. The average Bonchev–Trinajstić information content (AvgIpc) is 2.95. The van der Waals surface area contributed by atoms with Crippen molar-refractivity contribution in [1.82, 2.24) is 9.97 Å². The maximum atomic E-state index is 14.6. The van der Waals surface area contributed by atoms with Gasteiger partial charge in [0.2, 0.25) is 5.91 Å². The molecule has 0 aliphatic carbocycles. The number of amides is 1. The number of carbonyl (C=O) groups is 1. The van der Waals surface area contributed by atoms with Crippen LogP contribution in [0.3, 0.4) is 0 Å². The summed E-state index contributed by atoms with van der Waals surface area (Å²) in [6.45, 7) is 0. The molecule has 0 saturated heterocycles. The summed E-state index contributed by atoms with van der Waals surface area (Å²) in [4.78, 5) is 32.1. The van der Waals surface area contributed by atoms with E-state index in [1.54, 1.807) is 24.3 Å². The van der Waals surface area contributed by atoms with Crippen molar-refractivity contribution >= 4 is 34.1 Å². The monoisotopic (exact) mass is 571 g/mol. The molecular weight excluding hydrogens is 548 g/mol. The van der Waals surface area contributed by atoms with Gasteiger partial charge in [0.1, 0.15) is 11.6 Å². The van der Waals surface area contributed by atoms with Crippen molar-refractivity contribution in [1.29, 1.82) is 0 Å². The first-order valence-corrected chi connectivity index (χ1v) is 13.6. The van der Waals surface area contributed by atoms with Crippen LogP contribution >= 0.6 is 11.6 Å². The lowest BCUT2D eigenvalue weighted by molar-refractivity contribution is -0.116. The second-order valence-corrected chi connectivity index (χ2v) is 10.5. The van der Waals surface area contributed by atoms with Crippen molar-refractivity contribution in [2.75, 3.05) is 5.32 Å². The summed E-state index contributed by atoms with van der Waals surface area (Å²) in [5.74, 6) is -2.02. The van der Waals surface area contributed by atoms with Crippen LogP contribution in [-0.2, 0) is 4.79 Å². The minimum atomic E-state index is -0.834. The largest absolute Gasteiger partial charge is 0.507 e. The Bertz CT molecular complexity index is 1870. The van der Waals surface area contributed by atoms with E-state index in [1.807, 2.05) is 24.3 Å². The Kier molecular flexibility index (Phi) is 7.01. The lowest BCUT2D eigenvalue weighted by Crippen LogP contribution is -2.13. The van der Waals surface area contributed by atoms with E-state index in [4.69, 9.17) is 11.6 Å². The summed E-state index contributed by atoms with van der Waals surface area (Å²) in [5.41, 5.74) is 3.73. The maximum absolute atomic E-state index is 14.6. The van der Waals surface area contributed by atoms with E-state index in [-0.39, 0.29) is 33.7 Å². The van der Waals surface area contributed by atoms with Gasteiger partial charge in [-0.2, -0.15) is 0 Å². The van der Waals surface area contributed by atoms with Gasteiger partial charge in [-0.3, -0.25) is 14.6 Å². The maximum Gasteiger partial charge on any atom is 0.252 e. The normalized spacial score (nSPS) is 15.5. The molecular formula is C32H24ClF2N3O3. The Morgan fingerprint density at radius 2 is 1.80 bits per heavy atom. The van der Waals surface area contributed by atoms with Gasteiger partial charge in [0, 0.05) is 46.8 Å². The van der Waals surface area contributed by atoms with Gasteiger partial charge in [-0.1, -0.05) is 48.4 Å². The molecule has 1 aliphatic rings. The van der Waals surface area contributed by atoms with Crippen molar-refractivity contribution in [3.8, 4) is 28.0 Å². The number of aromatic nitrogens is 2. The Labute approximate surface area is 238 Å². The molecule has 2 aromatic heterocycles. The molecule has 41 heavy (non-hydrogen) atoms. The molecule has 1 aliphatic heterocycles. The van der Waals surface area contributed by atoms with Gasteiger partial charge in [-0.25, -0.2) is 8.78 Å². The number of rotatable bonds is 2. The molecule has 1 unspecified atom stereocenters. The van der Waals surface area contributed by atoms with Gasteiger partial charge in [0.05, 0.1) is 21.8 Å². The molecule has 3 heterocycles. The smallest absolute Gasteiger partial charge is 0.252 e. The molecule has 206 valence electrons. The van der Waals surface area contributed by atoms with E-state index in [0.717, 1.165) is 35.4 Å². The summed E-state index contributed by atoms with van der Waals surface area (Å²) >= 11 is 5.89. The lowest BCUT2D eigenvalue weighted by atomic mass is 9.87. The van der Waals surface area contributed by atoms with Gasteiger partial charge in [-0.05, 0) is 54.3 Å². The van der Waals surface area contributed by atoms with Crippen molar-refractivity contribution in [3.05, 3.63) is 111 Å². The number of carbonyl (C=O) groups excluding carboxylic acids is 1. The van der Waals surface area contributed by atoms with Crippen LogP contribution < -0.4 is 10.9 Å². The predicted octanol–water partition coefficient (Wildman–Crippen LogP) is 7.54. The quantitative estimate of drug-likeness (QED) is 0.191. The molecule has 9 heteroatoms. The predicted molar refractivity (Wildman–Crippen MR) is 155 cm³/mol. The minimum Gasteiger partial charge on any atom is -0.507 e. The number of benzene rings is 3. The highest BCUT2D eigenvalue weighted by atomic mass is 35.5. The molecule has 3 N–H and O–H groups in total. The van der Waals surface area contributed by atoms with E-state index in [0.29, 0.717) is 41.4 Å². The number of halogens is 3. The first-order chi connectivity index (χ1) is 19.8. The van der Waals surface area contributed by atoms with Crippen LogP contribution in [0.4, 0.5) is 14.5 Å². The zero-order valence-electron chi connectivity index (χ0n) is 21.7. The number of nitrogens with zero attached hydrogens (tertiary/aromatic N) is 1. The van der Waals surface area contributed by atoms with Crippen LogP contribution in [0.1, 0.15) is 42.9 Å². The molecule has 6 rings (SSSR count). The summed E-state index contributed by atoms with van der Waals surface area (Å²) in [6, 6.07) is 18.1. The number of anilines is 1. The lowest BCUT2D eigenvalue weighted by Gasteiger charge is -2.21. The van der Waals surface area contributed by atoms with Crippen LogP contribution in [-0.4, -0.2) is 21.0 Å². The molecule has 6 nitrogen and oxygen atoms in total. The van der Waals surface area contributed by atoms with Crippen LogP contribution in [0.5, 0.6) is 5.75 Å². The van der Waals surface area contributed by atoms with E-state index < -0.39 is 17.2 Å². The third kappa shape index (κ3) is 5.18. The number of H-pyrrole nitrogens is 1. The molecule has 5 aromatic rings. The zero-order valence-corrected chi connectivity index (χ0v) is 22.4. The number of aromatic amines is 1. The summed E-state index contributed by atoms with van der Waals surface area (Å²) in [5, 5.41) is 13.7. The number of pyridine rings is 2. The number of fused-ring (bicyclic) bond motifs is 5. The summed E-state index contributed by atoms with van der Waals surface area (Å²) < 4.78 is 29.1. The molecule has 2 bridgehead atoms. The number of nitrogens with one attached hydrogen (secondary N) is 2. The summed E-state index contributed by atoms with van der Waals surface area (Å²) in [6.07, 6.45) is 3.84. The van der Waals surface area contributed by atoms with Gasteiger partial charge >= 0.3 is 0 Å². The SMILES string of the molecule is O=C1CCCCC(c2ccc(-c3c(F)ccc(Cl)c3F)cn2)c2cccc(c2)-c2cc3c(O)cc(=O)[nH]c3cc2N1. The third-order valence-corrected chi connectivity index (χ3v) is 7.75. The Balaban J connectivity index is 1.45. The fourth-order valence-electron chi connectivity index (χ4n) is 5.43. The highest BCUT2D eigenvalue weighted by Gasteiger charge is 2.21. The van der Waals surface area contributed by atoms with Crippen molar-refractivity contribution < 1.29 is 18.7 Å². The van der Waals surface area contributed by atoms with E-state index in [2.05, 4.69) is 15.3 Å². The minimum absolute atomic E-state index is 0.144. The second-order valence-electron chi connectivity index (χ2n) is 10.1. The second kappa shape index (κ2) is 10.8. The number of hydrogen-bond donors (Lipinski definition) is 3. The van der Waals surface area contributed by atoms with Gasteiger partial charge < -0.3 is 15.4 Å². The molecule has 0 spiro atoms. The van der Waals surface area contributed by atoms with E-state index in [9.17, 15) is 23.5 Å². The molecule has 3 aromatic carbocycles. The van der Waals surface area contributed by atoms with Gasteiger partial charge in [0.25, 0.3) is 5.56 Å². The highest BCUT2D eigenvalue weighted by Crippen LogP contribution is 2.38. The number of aromatic hydroxyl groups is 1. The molecule has 0 fully saturated rings. The van der Waals surface area contributed by atoms with Crippen LogP contribution in [0.25, 0.3) is 33.2 Å². The fourth-order valence-corrected chi connectivity index (χ4v) is 5.59. The first kappa shape index (κ1) is 26.7. The molecule has 1 atom stereocenters. The molecule has 0 radical (unpaired) electrons. The standard InChI is InChI=1S/C32H24ClF2N3O3/c33-23-9-10-24(34)31(32(23)35)19-8-11-25(36-16-19)20-6-1-2-7-29(40)37-26-14-27-22(28(39)15-30(41)38-27)13-21(26)18-5-3-4-17(20)12-18/h3-5,8-16,20H,1-2,6-7H2,(H,37,40)(H2,38,39,41). The van der Waals surface area contributed by atoms with Crippen LogP contribution in [0.15, 0.2) is 77.7 Å². The molecule has 1 amide bonds. The van der Waals surface area contributed by atoms with Crippen molar-refractivity contribution in [2.45, 2.75) is 31.6 Å². The zero-order chi connectivity index (χ0) is 28.7. The van der Waals surface area contributed by atoms with E-state index in [1.165, 1.54) is 12.3 Å². The number of hydrogen-bond acceptors (Lipinski definition) is 4. The van der Waals surface area contributed by atoms with Crippen LogP contribution in [0.2, 0.25) is 5.02 Å². The Morgan fingerprint density at radius 1 is 0.951 bits per heavy atom. The van der Waals surface area contributed by atoms with E-state index >= 15 is 0 Å². The molecule has 0 saturated carbocycles. The first-order valence-electron chi connectivity index (χ1n) is 13.2.